The van der Waals surface area contributed by atoms with Crippen LogP contribution in [-0.4, -0.2) is 58.4 Å². The molecule has 0 amide bonds. The van der Waals surface area contributed by atoms with Crippen LogP contribution in [0.1, 0.15) is 22.8 Å². The Morgan fingerprint density at radius 2 is 1.61 bits per heavy atom. The highest BCUT2D eigenvalue weighted by molar-refractivity contribution is 7.89. The van der Waals surface area contributed by atoms with E-state index in [-0.39, 0.29) is 4.90 Å². The molecule has 0 atom stereocenters. The summed E-state index contributed by atoms with van der Waals surface area (Å²) in [4.78, 5) is 15.8. The lowest BCUT2D eigenvalue weighted by molar-refractivity contribution is 0.383. The Morgan fingerprint density at radius 3 is 2.26 bits per heavy atom. The summed E-state index contributed by atoms with van der Waals surface area (Å²) >= 11 is 6.05. The average molecular weight is 461 g/mol. The maximum atomic E-state index is 13.1. The molecule has 1 aliphatic rings. The number of hydrogen-bond acceptors (Lipinski definition) is 6. The molecule has 1 saturated heterocycles. The Hall–Kier alpha value is -2.49. The van der Waals surface area contributed by atoms with Crippen molar-refractivity contribution in [3.8, 4) is 5.82 Å². The highest BCUT2D eigenvalue weighted by Gasteiger charge is 2.30. The van der Waals surface area contributed by atoms with Gasteiger partial charge in [-0.2, -0.15) is 4.31 Å². The molecule has 1 aromatic carbocycles. The number of aromatic nitrogens is 4. The van der Waals surface area contributed by atoms with E-state index in [9.17, 15) is 8.42 Å². The van der Waals surface area contributed by atoms with Gasteiger partial charge in [-0.25, -0.2) is 23.4 Å². The van der Waals surface area contributed by atoms with Crippen LogP contribution >= 0.6 is 11.6 Å². The van der Waals surface area contributed by atoms with E-state index in [4.69, 9.17) is 11.6 Å². The van der Waals surface area contributed by atoms with Gasteiger partial charge in [-0.1, -0.05) is 17.7 Å². The van der Waals surface area contributed by atoms with Crippen LogP contribution in [-0.2, 0) is 10.0 Å². The topological polar surface area (TPSA) is 84.2 Å². The van der Waals surface area contributed by atoms with Crippen LogP contribution in [0.15, 0.2) is 35.5 Å². The standard InChI is InChI=1S/C21H25ClN6O2S/c1-14-5-6-18(22)11-19(14)31(29,30)27-9-7-26(8-10-27)20-12-21(25-17(4)24-20)28-13-23-15(2)16(28)3/h5-6,11-13H,7-10H2,1-4H3. The molecule has 0 N–H and O–H groups in total. The molecule has 0 radical (unpaired) electrons. The summed E-state index contributed by atoms with van der Waals surface area (Å²) in [6.07, 6.45) is 1.76. The van der Waals surface area contributed by atoms with Gasteiger partial charge in [0.1, 0.15) is 23.8 Å². The maximum Gasteiger partial charge on any atom is 0.243 e. The number of hydrogen-bond donors (Lipinski definition) is 0. The molecule has 164 valence electrons. The quantitative estimate of drug-likeness (QED) is 0.595. The molecule has 3 heterocycles. The summed E-state index contributed by atoms with van der Waals surface area (Å²) in [5.41, 5.74) is 2.67. The Morgan fingerprint density at radius 1 is 0.935 bits per heavy atom. The van der Waals surface area contributed by atoms with Crippen molar-refractivity contribution in [1.29, 1.82) is 0 Å². The number of benzene rings is 1. The minimum absolute atomic E-state index is 0.263. The molecule has 1 aliphatic heterocycles. The molecule has 8 nitrogen and oxygen atoms in total. The van der Waals surface area contributed by atoms with Crippen LogP contribution < -0.4 is 4.90 Å². The lowest BCUT2D eigenvalue weighted by atomic mass is 10.2. The Labute approximate surface area is 187 Å². The molecular formula is C21H25ClN6O2S. The molecule has 10 heteroatoms. The smallest absolute Gasteiger partial charge is 0.243 e. The maximum absolute atomic E-state index is 13.1. The van der Waals surface area contributed by atoms with Crippen molar-refractivity contribution in [1.82, 2.24) is 23.8 Å². The molecule has 0 unspecified atom stereocenters. The van der Waals surface area contributed by atoms with Crippen LogP contribution in [0.4, 0.5) is 5.82 Å². The molecule has 3 aromatic rings. The first kappa shape index (κ1) is 21.7. The summed E-state index contributed by atoms with van der Waals surface area (Å²) in [5, 5.41) is 0.414. The zero-order valence-electron chi connectivity index (χ0n) is 18.0. The van der Waals surface area contributed by atoms with Gasteiger partial charge in [0.25, 0.3) is 0 Å². The summed E-state index contributed by atoms with van der Waals surface area (Å²) in [6.45, 7) is 9.42. The molecule has 2 aromatic heterocycles. The largest absolute Gasteiger partial charge is 0.354 e. The van der Waals surface area contributed by atoms with E-state index in [2.05, 4.69) is 19.9 Å². The van der Waals surface area contributed by atoms with Gasteiger partial charge >= 0.3 is 0 Å². The van der Waals surface area contributed by atoms with Gasteiger partial charge in [-0.05, 0) is 45.4 Å². The Balaban J connectivity index is 1.55. The van der Waals surface area contributed by atoms with Crippen molar-refractivity contribution >= 4 is 27.4 Å². The number of sulfonamides is 1. The van der Waals surface area contributed by atoms with E-state index < -0.39 is 10.0 Å². The minimum Gasteiger partial charge on any atom is -0.354 e. The number of imidazole rings is 1. The summed E-state index contributed by atoms with van der Waals surface area (Å²) in [5.74, 6) is 2.19. The summed E-state index contributed by atoms with van der Waals surface area (Å²) in [6, 6.07) is 6.88. The Kier molecular flexibility index (Phi) is 5.76. The fourth-order valence-corrected chi connectivity index (χ4v) is 5.61. The lowest BCUT2D eigenvalue weighted by Crippen LogP contribution is -2.49. The molecule has 31 heavy (non-hydrogen) atoms. The first-order valence-electron chi connectivity index (χ1n) is 10.0. The SMILES string of the molecule is Cc1nc(N2CCN(S(=O)(=O)c3cc(Cl)ccc3C)CC2)cc(-n2cnc(C)c2C)n1. The molecule has 0 spiro atoms. The number of nitrogens with zero attached hydrogens (tertiary/aromatic N) is 6. The number of halogens is 1. The van der Waals surface area contributed by atoms with Crippen molar-refractivity contribution in [2.24, 2.45) is 0 Å². The van der Waals surface area contributed by atoms with E-state index in [1.165, 1.54) is 10.4 Å². The van der Waals surface area contributed by atoms with Gasteiger partial charge in [-0.15, -0.1) is 0 Å². The third-order valence-corrected chi connectivity index (χ3v) is 7.92. The first-order chi connectivity index (χ1) is 14.7. The van der Waals surface area contributed by atoms with Crippen molar-refractivity contribution < 1.29 is 8.42 Å². The fourth-order valence-electron chi connectivity index (χ4n) is 3.70. The lowest BCUT2D eigenvalue weighted by Gasteiger charge is -2.35. The van der Waals surface area contributed by atoms with Crippen LogP contribution in [0.5, 0.6) is 0 Å². The van der Waals surface area contributed by atoms with E-state index >= 15 is 0 Å². The molecule has 4 rings (SSSR count). The van der Waals surface area contributed by atoms with Gasteiger partial charge in [0, 0.05) is 43.0 Å². The predicted octanol–water partition coefficient (Wildman–Crippen LogP) is 3.06. The Bertz CT molecular complexity index is 1230. The zero-order chi connectivity index (χ0) is 22.3. The highest BCUT2D eigenvalue weighted by Crippen LogP contribution is 2.26. The van der Waals surface area contributed by atoms with E-state index in [1.54, 1.807) is 25.4 Å². The zero-order valence-corrected chi connectivity index (χ0v) is 19.6. The van der Waals surface area contributed by atoms with Crippen molar-refractivity contribution in [2.75, 3.05) is 31.1 Å². The van der Waals surface area contributed by atoms with Gasteiger partial charge in [0.2, 0.25) is 10.0 Å². The summed E-state index contributed by atoms with van der Waals surface area (Å²) in [7, 11) is -3.61. The highest BCUT2D eigenvalue weighted by atomic mass is 35.5. The van der Waals surface area contributed by atoms with Crippen molar-refractivity contribution in [3.05, 3.63) is 58.4 Å². The monoisotopic (exact) mass is 460 g/mol. The molecule has 1 fully saturated rings. The fraction of sp³-hybridized carbons (Fsp3) is 0.381. The summed E-state index contributed by atoms with van der Waals surface area (Å²) < 4.78 is 29.8. The van der Waals surface area contributed by atoms with Gasteiger partial charge in [0.05, 0.1) is 10.6 Å². The van der Waals surface area contributed by atoms with E-state index in [1.807, 2.05) is 31.4 Å². The van der Waals surface area contributed by atoms with Crippen LogP contribution in [0.3, 0.4) is 0 Å². The molecule has 0 bridgehead atoms. The predicted molar refractivity (Wildman–Crippen MR) is 121 cm³/mol. The van der Waals surface area contributed by atoms with Crippen LogP contribution in [0.25, 0.3) is 5.82 Å². The van der Waals surface area contributed by atoms with Crippen LogP contribution in [0, 0.1) is 27.7 Å². The van der Waals surface area contributed by atoms with Gasteiger partial charge < -0.3 is 4.90 Å². The third-order valence-electron chi connectivity index (χ3n) is 5.64. The van der Waals surface area contributed by atoms with Gasteiger partial charge in [-0.3, -0.25) is 4.57 Å². The van der Waals surface area contributed by atoms with E-state index in [0.717, 1.165) is 23.0 Å². The van der Waals surface area contributed by atoms with Crippen molar-refractivity contribution in [2.45, 2.75) is 32.6 Å². The molecule has 0 saturated carbocycles. The number of aryl methyl sites for hydroxylation is 3. The second-order valence-corrected chi connectivity index (χ2v) is 10.1. The number of piperazine rings is 1. The number of rotatable bonds is 4. The second kappa shape index (κ2) is 8.22. The van der Waals surface area contributed by atoms with E-state index in [0.29, 0.717) is 42.6 Å². The van der Waals surface area contributed by atoms with Crippen LogP contribution in [0.2, 0.25) is 5.02 Å². The normalized spacial score (nSPS) is 15.5. The third kappa shape index (κ3) is 4.17. The second-order valence-electron chi connectivity index (χ2n) is 7.72. The molecular weight excluding hydrogens is 436 g/mol. The first-order valence-corrected chi connectivity index (χ1v) is 11.9. The number of anilines is 1. The molecule has 0 aliphatic carbocycles. The van der Waals surface area contributed by atoms with Crippen molar-refractivity contribution in [3.63, 3.8) is 0 Å². The average Bonchev–Trinajstić information content (AvgIpc) is 3.08. The van der Waals surface area contributed by atoms with Gasteiger partial charge in [0.15, 0.2) is 0 Å². The minimum atomic E-state index is -3.61.